The molecule has 1 aliphatic rings. The zero-order chi connectivity index (χ0) is 15.1. The first-order valence-electron chi connectivity index (χ1n) is 6.19. The summed E-state index contributed by atoms with van der Waals surface area (Å²) in [4.78, 5) is 37.0. The molecule has 1 aromatic rings. The number of phenols is 1. The number of rotatable bonds is 1. The van der Waals surface area contributed by atoms with Crippen molar-refractivity contribution >= 4 is 17.7 Å². The third-order valence-electron chi connectivity index (χ3n) is 3.47. The van der Waals surface area contributed by atoms with Crippen LogP contribution in [0.2, 0.25) is 0 Å². The van der Waals surface area contributed by atoms with Crippen LogP contribution in [0.15, 0.2) is 18.2 Å². The molecule has 6 nitrogen and oxygen atoms in total. The molecule has 6 heteroatoms. The van der Waals surface area contributed by atoms with Gasteiger partial charge in [0.2, 0.25) is 5.91 Å². The van der Waals surface area contributed by atoms with Crippen molar-refractivity contribution in [3.05, 3.63) is 29.3 Å². The van der Waals surface area contributed by atoms with E-state index < -0.39 is 23.3 Å². The van der Waals surface area contributed by atoms with Crippen molar-refractivity contribution in [3.8, 4) is 5.75 Å². The van der Waals surface area contributed by atoms with E-state index in [4.69, 9.17) is 0 Å². The quantitative estimate of drug-likeness (QED) is 0.734. The normalized spacial score (nSPS) is 17.9. The lowest BCUT2D eigenvalue weighted by Gasteiger charge is -2.40. The summed E-state index contributed by atoms with van der Waals surface area (Å²) < 4.78 is 0. The van der Waals surface area contributed by atoms with Crippen molar-refractivity contribution in [2.45, 2.75) is 26.3 Å². The minimum absolute atomic E-state index is 0.0910. The fourth-order valence-corrected chi connectivity index (χ4v) is 2.05. The third-order valence-corrected chi connectivity index (χ3v) is 3.47. The summed E-state index contributed by atoms with van der Waals surface area (Å²) in [5.41, 5.74) is -0.214. The SMILES string of the molecule is Cc1cc(C(=O)N2CC(=O)NC(=O)C2(C)C)ccc1O. The monoisotopic (exact) mass is 276 g/mol. The van der Waals surface area contributed by atoms with E-state index >= 15 is 0 Å². The highest BCUT2D eigenvalue weighted by Crippen LogP contribution is 2.23. The molecule has 1 fully saturated rings. The molecule has 0 saturated carbocycles. The van der Waals surface area contributed by atoms with E-state index in [-0.39, 0.29) is 12.3 Å². The number of imide groups is 1. The Morgan fingerprint density at radius 3 is 2.60 bits per heavy atom. The Morgan fingerprint density at radius 1 is 1.35 bits per heavy atom. The highest BCUT2D eigenvalue weighted by atomic mass is 16.3. The van der Waals surface area contributed by atoms with Gasteiger partial charge in [-0.25, -0.2) is 0 Å². The van der Waals surface area contributed by atoms with E-state index in [1.165, 1.54) is 23.1 Å². The summed E-state index contributed by atoms with van der Waals surface area (Å²) in [5.74, 6) is -1.33. The Morgan fingerprint density at radius 2 is 2.00 bits per heavy atom. The number of piperazine rings is 1. The highest BCUT2D eigenvalue weighted by molar-refractivity contribution is 6.08. The van der Waals surface area contributed by atoms with Crippen molar-refractivity contribution in [1.29, 1.82) is 0 Å². The van der Waals surface area contributed by atoms with E-state index in [1.54, 1.807) is 20.8 Å². The van der Waals surface area contributed by atoms with Gasteiger partial charge in [-0.15, -0.1) is 0 Å². The molecule has 1 heterocycles. The number of carbonyl (C=O) groups excluding carboxylic acids is 3. The maximum atomic E-state index is 12.5. The molecule has 1 aromatic carbocycles. The van der Waals surface area contributed by atoms with Crippen LogP contribution in [0.25, 0.3) is 0 Å². The lowest BCUT2D eigenvalue weighted by Crippen LogP contribution is -2.65. The molecule has 20 heavy (non-hydrogen) atoms. The Kier molecular flexibility index (Phi) is 3.25. The molecule has 2 rings (SSSR count). The van der Waals surface area contributed by atoms with Gasteiger partial charge in [-0.1, -0.05) is 0 Å². The summed E-state index contributed by atoms with van der Waals surface area (Å²) in [5, 5.41) is 11.7. The highest BCUT2D eigenvalue weighted by Gasteiger charge is 2.43. The number of nitrogens with one attached hydrogen (secondary N) is 1. The van der Waals surface area contributed by atoms with Crippen LogP contribution in [0.5, 0.6) is 5.75 Å². The Bertz CT molecular complexity index is 607. The van der Waals surface area contributed by atoms with Crippen molar-refractivity contribution < 1.29 is 19.5 Å². The van der Waals surface area contributed by atoms with Crippen LogP contribution in [0.4, 0.5) is 0 Å². The summed E-state index contributed by atoms with van der Waals surface area (Å²) in [6.07, 6.45) is 0. The van der Waals surface area contributed by atoms with Gasteiger partial charge in [0, 0.05) is 5.56 Å². The smallest absolute Gasteiger partial charge is 0.255 e. The fourth-order valence-electron chi connectivity index (χ4n) is 2.05. The maximum absolute atomic E-state index is 12.5. The van der Waals surface area contributed by atoms with Crippen molar-refractivity contribution in [2.75, 3.05) is 6.54 Å². The van der Waals surface area contributed by atoms with Crippen LogP contribution in [-0.2, 0) is 9.59 Å². The van der Waals surface area contributed by atoms with Crippen molar-refractivity contribution in [3.63, 3.8) is 0 Å². The molecule has 0 aliphatic carbocycles. The van der Waals surface area contributed by atoms with Gasteiger partial charge in [-0.05, 0) is 44.5 Å². The zero-order valence-electron chi connectivity index (χ0n) is 11.6. The van der Waals surface area contributed by atoms with Gasteiger partial charge < -0.3 is 10.0 Å². The molecule has 1 aliphatic heterocycles. The predicted octanol–water partition coefficient (Wildman–Crippen LogP) is 0.578. The second kappa shape index (κ2) is 4.63. The van der Waals surface area contributed by atoms with Gasteiger partial charge in [0.1, 0.15) is 17.8 Å². The van der Waals surface area contributed by atoms with Crippen LogP contribution in [-0.4, -0.2) is 39.8 Å². The average molecular weight is 276 g/mol. The van der Waals surface area contributed by atoms with Crippen molar-refractivity contribution in [1.82, 2.24) is 10.2 Å². The van der Waals surface area contributed by atoms with Gasteiger partial charge in [-0.3, -0.25) is 19.7 Å². The van der Waals surface area contributed by atoms with Crippen molar-refractivity contribution in [2.24, 2.45) is 0 Å². The van der Waals surface area contributed by atoms with Crippen LogP contribution >= 0.6 is 0 Å². The Hall–Kier alpha value is -2.37. The van der Waals surface area contributed by atoms with Gasteiger partial charge in [0.05, 0.1) is 0 Å². The van der Waals surface area contributed by atoms with E-state index in [0.29, 0.717) is 11.1 Å². The number of nitrogens with zero attached hydrogens (tertiary/aromatic N) is 1. The Balaban J connectivity index is 2.38. The lowest BCUT2D eigenvalue weighted by molar-refractivity contribution is -0.143. The second-order valence-corrected chi connectivity index (χ2v) is 5.33. The summed E-state index contributed by atoms with van der Waals surface area (Å²) >= 11 is 0. The van der Waals surface area contributed by atoms with Crippen LogP contribution in [0.3, 0.4) is 0 Å². The van der Waals surface area contributed by atoms with E-state index in [9.17, 15) is 19.5 Å². The van der Waals surface area contributed by atoms with Gasteiger partial charge in [-0.2, -0.15) is 0 Å². The molecular weight excluding hydrogens is 260 g/mol. The van der Waals surface area contributed by atoms with Gasteiger partial charge in [0.15, 0.2) is 0 Å². The van der Waals surface area contributed by atoms with Crippen LogP contribution < -0.4 is 5.32 Å². The minimum Gasteiger partial charge on any atom is -0.508 e. The van der Waals surface area contributed by atoms with E-state index in [2.05, 4.69) is 5.32 Å². The van der Waals surface area contributed by atoms with E-state index in [0.717, 1.165) is 0 Å². The number of hydrogen-bond acceptors (Lipinski definition) is 4. The van der Waals surface area contributed by atoms with Gasteiger partial charge in [0.25, 0.3) is 11.8 Å². The van der Waals surface area contributed by atoms with Gasteiger partial charge >= 0.3 is 0 Å². The fraction of sp³-hybridized carbons (Fsp3) is 0.357. The maximum Gasteiger partial charge on any atom is 0.255 e. The molecule has 0 atom stereocenters. The first-order chi connectivity index (χ1) is 9.23. The number of aromatic hydroxyl groups is 1. The first-order valence-corrected chi connectivity index (χ1v) is 6.19. The largest absolute Gasteiger partial charge is 0.508 e. The third kappa shape index (κ3) is 2.24. The molecule has 2 N–H and O–H groups in total. The molecule has 0 aromatic heterocycles. The topological polar surface area (TPSA) is 86.7 Å². The van der Waals surface area contributed by atoms with Crippen LogP contribution in [0, 0.1) is 6.92 Å². The number of amides is 3. The lowest BCUT2D eigenvalue weighted by atomic mass is 9.97. The predicted molar refractivity (Wildman–Crippen MR) is 71.1 cm³/mol. The Labute approximate surface area is 116 Å². The summed E-state index contributed by atoms with van der Waals surface area (Å²) in [6.45, 7) is 4.67. The molecule has 0 bridgehead atoms. The molecule has 0 spiro atoms. The standard InChI is InChI=1S/C14H16N2O4/c1-8-6-9(4-5-10(8)17)12(19)16-7-11(18)15-13(20)14(16,2)3/h4-6,17H,7H2,1-3H3,(H,15,18,20). The molecule has 0 unspecified atom stereocenters. The minimum atomic E-state index is -1.10. The zero-order valence-corrected chi connectivity index (χ0v) is 11.6. The molecule has 0 radical (unpaired) electrons. The summed E-state index contributed by atoms with van der Waals surface area (Å²) in [6, 6.07) is 4.42. The average Bonchev–Trinajstić information content (AvgIpc) is 2.36. The number of carbonyl (C=O) groups is 3. The van der Waals surface area contributed by atoms with Crippen LogP contribution in [0.1, 0.15) is 29.8 Å². The number of aryl methyl sites for hydroxylation is 1. The summed E-state index contributed by atoms with van der Waals surface area (Å²) in [7, 11) is 0. The molecule has 3 amide bonds. The molecule has 106 valence electrons. The second-order valence-electron chi connectivity index (χ2n) is 5.33. The van der Waals surface area contributed by atoms with E-state index in [1.807, 2.05) is 0 Å². The molecule has 1 saturated heterocycles. The number of hydrogen-bond donors (Lipinski definition) is 2. The number of phenolic OH excluding ortho intramolecular Hbond substituents is 1. The first kappa shape index (κ1) is 14.0. The molecular formula is C14H16N2O4. The number of benzene rings is 1.